The molecule has 0 bridgehead atoms. The minimum atomic E-state index is -0.162. The lowest BCUT2D eigenvalue weighted by molar-refractivity contribution is 0.102. The van der Waals surface area contributed by atoms with Gasteiger partial charge in [0, 0.05) is 14.5 Å². The highest BCUT2D eigenvalue weighted by Crippen LogP contribution is 2.22. The molecule has 0 aliphatic rings. The molecular weight excluding hydrogens is 362 g/mol. The van der Waals surface area contributed by atoms with Crippen molar-refractivity contribution in [3.63, 3.8) is 0 Å². The number of hydrogen-bond acceptors (Lipinski definition) is 2. The minimum Gasteiger partial charge on any atom is -0.319 e. The van der Waals surface area contributed by atoms with Crippen molar-refractivity contribution in [2.75, 3.05) is 5.32 Å². The van der Waals surface area contributed by atoms with E-state index >= 15 is 0 Å². The quantitative estimate of drug-likeness (QED) is 0.842. The second kappa shape index (κ2) is 5.24. The molecule has 0 saturated carbocycles. The zero-order valence-corrected chi connectivity index (χ0v) is 13.0. The number of carbonyl (C=O) groups excluding carboxylic acids is 1. The van der Waals surface area contributed by atoms with Gasteiger partial charge < -0.3 is 5.32 Å². The molecule has 1 aromatic heterocycles. The van der Waals surface area contributed by atoms with Gasteiger partial charge in [0.05, 0.1) is 17.1 Å². The van der Waals surface area contributed by atoms with Gasteiger partial charge in [-0.05, 0) is 32.0 Å². The van der Waals surface area contributed by atoms with E-state index < -0.39 is 0 Å². The lowest BCUT2D eigenvalue weighted by Crippen LogP contribution is -2.13. The summed E-state index contributed by atoms with van der Waals surface area (Å²) in [6.45, 7) is 3.71. The van der Waals surface area contributed by atoms with Crippen molar-refractivity contribution in [1.82, 2.24) is 10.2 Å². The molecule has 2 rings (SSSR count). The van der Waals surface area contributed by atoms with Gasteiger partial charge in [0.25, 0.3) is 5.91 Å². The summed E-state index contributed by atoms with van der Waals surface area (Å²) in [7, 11) is 0. The zero-order valence-electron chi connectivity index (χ0n) is 9.84. The number of benzene rings is 1. The molecule has 2 aromatic rings. The number of rotatable bonds is 2. The lowest BCUT2D eigenvalue weighted by atomic mass is 10.2. The average Bonchev–Trinajstić information content (AvgIpc) is 2.59. The molecule has 0 fully saturated rings. The Balaban J connectivity index is 2.27. The number of amides is 1. The maximum absolute atomic E-state index is 12.1. The van der Waals surface area contributed by atoms with E-state index in [4.69, 9.17) is 0 Å². The van der Waals surface area contributed by atoms with Gasteiger partial charge in [-0.25, -0.2) is 0 Å². The van der Waals surface area contributed by atoms with Gasteiger partial charge in [-0.15, -0.1) is 0 Å². The molecule has 0 aliphatic heterocycles. The van der Waals surface area contributed by atoms with Gasteiger partial charge in [0.2, 0.25) is 0 Å². The first-order valence-corrected chi connectivity index (χ1v) is 6.85. The molecular formula is C12H11Br2N3O. The number of nitrogens with zero attached hydrogens (tertiary/aromatic N) is 1. The van der Waals surface area contributed by atoms with E-state index in [1.807, 2.05) is 19.9 Å². The van der Waals surface area contributed by atoms with Crippen LogP contribution in [-0.4, -0.2) is 16.1 Å². The summed E-state index contributed by atoms with van der Waals surface area (Å²) in [5.74, 6) is -0.162. The predicted octanol–water partition coefficient (Wildman–Crippen LogP) is 3.80. The topological polar surface area (TPSA) is 57.8 Å². The van der Waals surface area contributed by atoms with Crippen LogP contribution in [0.1, 0.15) is 21.7 Å². The Bertz CT molecular complexity index is 568. The summed E-state index contributed by atoms with van der Waals surface area (Å²) >= 11 is 6.72. The van der Waals surface area contributed by atoms with Crippen LogP contribution in [0.5, 0.6) is 0 Å². The van der Waals surface area contributed by atoms with Gasteiger partial charge >= 0.3 is 0 Å². The largest absolute Gasteiger partial charge is 0.319 e. The first-order valence-electron chi connectivity index (χ1n) is 5.26. The molecule has 0 aliphatic carbocycles. The van der Waals surface area contributed by atoms with E-state index in [-0.39, 0.29) is 5.91 Å². The number of nitrogens with one attached hydrogen (secondary N) is 2. The molecule has 6 heteroatoms. The molecule has 0 atom stereocenters. The van der Waals surface area contributed by atoms with Gasteiger partial charge in [-0.3, -0.25) is 9.89 Å². The zero-order chi connectivity index (χ0) is 13.3. The number of hydrogen-bond donors (Lipinski definition) is 2. The maximum atomic E-state index is 12.1. The molecule has 0 radical (unpaired) electrons. The van der Waals surface area contributed by atoms with E-state index in [0.29, 0.717) is 5.56 Å². The highest BCUT2D eigenvalue weighted by atomic mass is 79.9. The molecule has 94 valence electrons. The molecule has 4 nitrogen and oxygen atoms in total. The van der Waals surface area contributed by atoms with E-state index in [0.717, 1.165) is 26.0 Å². The molecule has 0 unspecified atom stereocenters. The molecule has 1 amide bonds. The molecule has 0 spiro atoms. The Kier molecular flexibility index (Phi) is 3.87. The van der Waals surface area contributed by atoms with Gasteiger partial charge in [0.15, 0.2) is 0 Å². The second-order valence-corrected chi connectivity index (χ2v) is 5.75. The van der Waals surface area contributed by atoms with E-state index in [9.17, 15) is 4.79 Å². The van der Waals surface area contributed by atoms with Gasteiger partial charge in [0.1, 0.15) is 0 Å². The fourth-order valence-electron chi connectivity index (χ4n) is 1.61. The fraction of sp³-hybridized carbons (Fsp3) is 0.167. The van der Waals surface area contributed by atoms with Crippen molar-refractivity contribution >= 4 is 43.5 Å². The number of carbonyl (C=O) groups is 1. The third kappa shape index (κ3) is 2.81. The smallest absolute Gasteiger partial charge is 0.255 e. The SMILES string of the molecule is Cc1n[nH]c(C)c1NC(=O)c1cc(Br)cc(Br)c1. The predicted molar refractivity (Wildman–Crippen MR) is 77.9 cm³/mol. The van der Waals surface area contributed by atoms with Crippen LogP contribution in [0.25, 0.3) is 0 Å². The highest BCUT2D eigenvalue weighted by molar-refractivity contribution is 9.11. The maximum Gasteiger partial charge on any atom is 0.255 e. The lowest BCUT2D eigenvalue weighted by Gasteiger charge is -2.06. The first kappa shape index (κ1) is 13.3. The number of anilines is 1. The summed E-state index contributed by atoms with van der Waals surface area (Å²) < 4.78 is 1.70. The molecule has 1 heterocycles. The van der Waals surface area contributed by atoms with E-state index in [2.05, 4.69) is 47.4 Å². The number of aromatic amines is 1. The van der Waals surface area contributed by atoms with Crippen LogP contribution < -0.4 is 5.32 Å². The number of aromatic nitrogens is 2. The summed E-state index contributed by atoms with van der Waals surface area (Å²) in [4.78, 5) is 12.1. The Morgan fingerprint density at radius 1 is 1.22 bits per heavy atom. The molecule has 0 saturated heterocycles. The summed E-state index contributed by atoms with van der Waals surface area (Å²) in [5, 5.41) is 9.73. The minimum absolute atomic E-state index is 0.162. The summed E-state index contributed by atoms with van der Waals surface area (Å²) in [6.07, 6.45) is 0. The van der Waals surface area contributed by atoms with Crippen LogP contribution in [0.2, 0.25) is 0 Å². The standard InChI is InChI=1S/C12H11Br2N3O/c1-6-11(7(2)17-16-6)15-12(18)8-3-9(13)5-10(14)4-8/h3-5H,1-2H3,(H,15,18)(H,16,17). The Labute approximate surface area is 121 Å². The van der Waals surface area contributed by atoms with Crippen molar-refractivity contribution in [2.24, 2.45) is 0 Å². The van der Waals surface area contributed by atoms with Gasteiger partial charge in [-0.1, -0.05) is 31.9 Å². The van der Waals surface area contributed by atoms with Crippen LogP contribution in [0.15, 0.2) is 27.1 Å². The number of H-pyrrole nitrogens is 1. The second-order valence-electron chi connectivity index (χ2n) is 3.92. The fourth-order valence-corrected chi connectivity index (χ4v) is 2.90. The Hall–Kier alpha value is -1.14. The Morgan fingerprint density at radius 3 is 2.33 bits per heavy atom. The van der Waals surface area contributed by atoms with Crippen LogP contribution in [0, 0.1) is 13.8 Å². The summed E-state index contributed by atoms with van der Waals surface area (Å²) in [6, 6.07) is 5.42. The van der Waals surface area contributed by atoms with Crippen LogP contribution in [0.3, 0.4) is 0 Å². The summed E-state index contributed by atoms with van der Waals surface area (Å²) in [5.41, 5.74) is 2.93. The highest BCUT2D eigenvalue weighted by Gasteiger charge is 2.12. The monoisotopic (exact) mass is 371 g/mol. The van der Waals surface area contributed by atoms with E-state index in [1.54, 1.807) is 12.1 Å². The molecule has 1 aromatic carbocycles. The van der Waals surface area contributed by atoms with Crippen LogP contribution in [-0.2, 0) is 0 Å². The normalized spacial score (nSPS) is 10.4. The van der Waals surface area contributed by atoms with Gasteiger partial charge in [-0.2, -0.15) is 5.10 Å². The van der Waals surface area contributed by atoms with Crippen LogP contribution in [0.4, 0.5) is 5.69 Å². The van der Waals surface area contributed by atoms with Crippen molar-refractivity contribution in [1.29, 1.82) is 0 Å². The van der Waals surface area contributed by atoms with Crippen molar-refractivity contribution in [3.05, 3.63) is 44.1 Å². The number of halogens is 2. The van der Waals surface area contributed by atoms with Crippen LogP contribution >= 0.6 is 31.9 Å². The van der Waals surface area contributed by atoms with Crippen molar-refractivity contribution in [3.8, 4) is 0 Å². The molecule has 2 N–H and O–H groups in total. The third-order valence-electron chi connectivity index (χ3n) is 2.49. The van der Waals surface area contributed by atoms with E-state index in [1.165, 1.54) is 0 Å². The molecule has 18 heavy (non-hydrogen) atoms. The number of aryl methyl sites for hydroxylation is 2. The first-order chi connectivity index (χ1) is 8.47. The Morgan fingerprint density at radius 2 is 1.83 bits per heavy atom. The van der Waals surface area contributed by atoms with Crippen molar-refractivity contribution < 1.29 is 4.79 Å². The van der Waals surface area contributed by atoms with Crippen molar-refractivity contribution in [2.45, 2.75) is 13.8 Å². The third-order valence-corrected chi connectivity index (χ3v) is 3.41. The average molecular weight is 373 g/mol.